The molecule has 2 aromatic rings. The van der Waals surface area contributed by atoms with Crippen molar-refractivity contribution in [1.29, 1.82) is 0 Å². The number of benzene rings is 1. The predicted octanol–water partition coefficient (Wildman–Crippen LogP) is 3.88. The van der Waals surface area contributed by atoms with Gasteiger partial charge in [-0.2, -0.15) is 26.3 Å². The molecule has 2 N–H and O–H groups in total. The standard InChI is InChI=1S/C18H15F6N3O2/c19-17(20,21)10-1-3-14(13(7-10)16(25)28)27-6-5-12(9-27)29-15-4-2-11(8-26-15)18(22,23)24/h1-4,7-8,12H,5-6,9H2,(H2,25,28). The van der Waals surface area contributed by atoms with Gasteiger partial charge in [-0.25, -0.2) is 4.98 Å². The highest BCUT2D eigenvalue weighted by Crippen LogP contribution is 2.34. The molecule has 1 atom stereocenters. The third kappa shape index (κ3) is 4.72. The lowest BCUT2D eigenvalue weighted by molar-refractivity contribution is -0.138. The van der Waals surface area contributed by atoms with Gasteiger partial charge in [-0.3, -0.25) is 4.79 Å². The van der Waals surface area contributed by atoms with Crippen LogP contribution in [0.15, 0.2) is 36.5 Å². The van der Waals surface area contributed by atoms with Gasteiger partial charge in [-0.1, -0.05) is 0 Å². The second kappa shape index (κ2) is 7.45. The first-order valence-electron chi connectivity index (χ1n) is 8.41. The summed E-state index contributed by atoms with van der Waals surface area (Å²) < 4.78 is 81.9. The number of aromatic nitrogens is 1. The first-order chi connectivity index (χ1) is 13.4. The number of nitrogens with two attached hydrogens (primary N) is 1. The van der Waals surface area contributed by atoms with E-state index in [0.717, 1.165) is 18.2 Å². The van der Waals surface area contributed by atoms with Gasteiger partial charge in [-0.05, 0) is 24.3 Å². The number of hydrogen-bond donors (Lipinski definition) is 1. The molecule has 1 aromatic heterocycles. The van der Waals surface area contributed by atoms with Gasteiger partial charge in [0.15, 0.2) is 0 Å². The van der Waals surface area contributed by atoms with Crippen LogP contribution in [0.25, 0.3) is 0 Å². The molecule has 1 unspecified atom stereocenters. The maximum Gasteiger partial charge on any atom is 0.417 e. The summed E-state index contributed by atoms with van der Waals surface area (Å²) in [5.41, 5.74) is 3.30. The molecule has 1 aromatic carbocycles. The molecule has 3 rings (SSSR count). The summed E-state index contributed by atoms with van der Waals surface area (Å²) in [6.07, 6.45) is -8.51. The third-order valence-corrected chi connectivity index (χ3v) is 4.43. The number of rotatable bonds is 4. The van der Waals surface area contributed by atoms with E-state index in [1.807, 2.05) is 0 Å². The van der Waals surface area contributed by atoms with Crippen LogP contribution in [0.4, 0.5) is 32.0 Å². The summed E-state index contributed by atoms with van der Waals surface area (Å²) in [5, 5.41) is 0. The normalized spacial score (nSPS) is 17.4. The lowest BCUT2D eigenvalue weighted by Crippen LogP contribution is -2.27. The summed E-state index contributed by atoms with van der Waals surface area (Å²) in [6, 6.07) is 4.66. The Bertz CT molecular complexity index is 896. The maximum atomic E-state index is 12.9. The molecule has 29 heavy (non-hydrogen) atoms. The van der Waals surface area contributed by atoms with Crippen molar-refractivity contribution < 1.29 is 35.9 Å². The van der Waals surface area contributed by atoms with E-state index >= 15 is 0 Å². The molecular formula is C18H15F6N3O2. The van der Waals surface area contributed by atoms with Crippen molar-refractivity contribution >= 4 is 11.6 Å². The molecule has 156 valence electrons. The quantitative estimate of drug-likeness (QED) is 0.764. The summed E-state index contributed by atoms with van der Waals surface area (Å²) in [6.45, 7) is 0.561. The molecule has 2 heterocycles. The van der Waals surface area contributed by atoms with Gasteiger partial charge in [0, 0.05) is 30.9 Å². The number of pyridine rings is 1. The van der Waals surface area contributed by atoms with E-state index in [0.29, 0.717) is 25.2 Å². The number of amides is 1. The molecule has 0 aliphatic carbocycles. The van der Waals surface area contributed by atoms with E-state index in [1.54, 1.807) is 4.90 Å². The number of halogens is 6. The molecule has 1 aliphatic rings. The second-order valence-electron chi connectivity index (χ2n) is 6.45. The molecule has 1 amide bonds. The molecule has 1 fully saturated rings. The Morgan fingerprint density at radius 1 is 1.07 bits per heavy atom. The van der Waals surface area contributed by atoms with Crippen molar-refractivity contribution in [2.24, 2.45) is 5.73 Å². The van der Waals surface area contributed by atoms with Crippen molar-refractivity contribution in [1.82, 2.24) is 4.98 Å². The number of nitrogens with zero attached hydrogens (tertiary/aromatic N) is 2. The van der Waals surface area contributed by atoms with E-state index in [1.165, 1.54) is 6.07 Å². The van der Waals surface area contributed by atoms with E-state index in [9.17, 15) is 31.1 Å². The fraction of sp³-hybridized carbons (Fsp3) is 0.333. The smallest absolute Gasteiger partial charge is 0.417 e. The van der Waals surface area contributed by atoms with Crippen LogP contribution in [0.1, 0.15) is 27.9 Å². The summed E-state index contributed by atoms with van der Waals surface area (Å²) in [4.78, 5) is 16.9. The fourth-order valence-corrected chi connectivity index (χ4v) is 3.02. The maximum absolute atomic E-state index is 12.9. The van der Waals surface area contributed by atoms with Gasteiger partial charge in [0.2, 0.25) is 5.88 Å². The molecule has 0 saturated carbocycles. The zero-order valence-electron chi connectivity index (χ0n) is 14.7. The highest BCUT2D eigenvalue weighted by Gasteiger charge is 2.34. The van der Waals surface area contributed by atoms with Gasteiger partial charge in [0.1, 0.15) is 6.10 Å². The molecular weight excluding hydrogens is 404 g/mol. The number of carbonyl (C=O) groups is 1. The van der Waals surface area contributed by atoms with Crippen molar-refractivity contribution in [3.8, 4) is 5.88 Å². The van der Waals surface area contributed by atoms with Crippen LogP contribution >= 0.6 is 0 Å². The topological polar surface area (TPSA) is 68.5 Å². The lowest BCUT2D eigenvalue weighted by Gasteiger charge is -2.22. The molecule has 5 nitrogen and oxygen atoms in total. The van der Waals surface area contributed by atoms with Crippen LogP contribution in [-0.4, -0.2) is 30.1 Å². The van der Waals surface area contributed by atoms with Crippen LogP contribution < -0.4 is 15.4 Å². The van der Waals surface area contributed by atoms with Crippen molar-refractivity contribution in [2.75, 3.05) is 18.0 Å². The van der Waals surface area contributed by atoms with E-state index in [4.69, 9.17) is 10.5 Å². The van der Waals surface area contributed by atoms with Crippen LogP contribution in [0, 0.1) is 0 Å². The monoisotopic (exact) mass is 419 g/mol. The number of hydrogen-bond acceptors (Lipinski definition) is 4. The van der Waals surface area contributed by atoms with Crippen molar-refractivity contribution in [2.45, 2.75) is 24.9 Å². The Hall–Kier alpha value is -2.98. The number of primary amides is 1. The predicted molar refractivity (Wildman–Crippen MR) is 90.4 cm³/mol. The number of ether oxygens (including phenoxy) is 1. The molecule has 1 saturated heterocycles. The largest absolute Gasteiger partial charge is 0.472 e. The van der Waals surface area contributed by atoms with Gasteiger partial charge in [-0.15, -0.1) is 0 Å². The number of alkyl halides is 6. The minimum atomic E-state index is -4.62. The second-order valence-corrected chi connectivity index (χ2v) is 6.45. The van der Waals surface area contributed by atoms with E-state index < -0.39 is 35.5 Å². The van der Waals surface area contributed by atoms with Gasteiger partial charge in [0.05, 0.1) is 23.2 Å². The first-order valence-corrected chi connectivity index (χ1v) is 8.41. The molecule has 0 bridgehead atoms. The van der Waals surface area contributed by atoms with Crippen molar-refractivity contribution in [3.05, 3.63) is 53.2 Å². The Morgan fingerprint density at radius 3 is 2.28 bits per heavy atom. The first kappa shape index (κ1) is 20.7. The minimum absolute atomic E-state index is 0.00704. The SMILES string of the molecule is NC(=O)c1cc(C(F)(F)F)ccc1N1CCC(Oc2ccc(C(F)(F)F)cn2)C1. The van der Waals surface area contributed by atoms with Gasteiger partial charge in [0.25, 0.3) is 5.91 Å². The summed E-state index contributed by atoms with van der Waals surface area (Å²) in [7, 11) is 0. The average Bonchev–Trinajstić information content (AvgIpc) is 3.08. The Kier molecular flexibility index (Phi) is 5.33. The minimum Gasteiger partial charge on any atom is -0.472 e. The fourth-order valence-electron chi connectivity index (χ4n) is 3.02. The van der Waals surface area contributed by atoms with Crippen LogP contribution in [-0.2, 0) is 12.4 Å². The molecule has 1 aliphatic heterocycles. The number of carbonyl (C=O) groups excluding carboxylic acids is 1. The van der Waals surface area contributed by atoms with Crippen LogP contribution in [0.5, 0.6) is 5.88 Å². The van der Waals surface area contributed by atoms with E-state index in [-0.39, 0.29) is 23.7 Å². The highest BCUT2D eigenvalue weighted by atomic mass is 19.4. The van der Waals surface area contributed by atoms with Crippen LogP contribution in [0.3, 0.4) is 0 Å². The van der Waals surface area contributed by atoms with Crippen molar-refractivity contribution in [3.63, 3.8) is 0 Å². The Morgan fingerprint density at radius 2 is 1.72 bits per heavy atom. The zero-order valence-corrected chi connectivity index (χ0v) is 14.7. The number of anilines is 1. The summed E-state index contributed by atoms with van der Waals surface area (Å²) >= 11 is 0. The Labute approximate surface area is 161 Å². The highest BCUT2D eigenvalue weighted by molar-refractivity contribution is 5.99. The average molecular weight is 419 g/mol. The van der Waals surface area contributed by atoms with Crippen LogP contribution in [0.2, 0.25) is 0 Å². The summed E-state index contributed by atoms with van der Waals surface area (Å²) in [5.74, 6) is -1.01. The molecule has 11 heteroatoms. The third-order valence-electron chi connectivity index (χ3n) is 4.43. The van der Waals surface area contributed by atoms with Gasteiger partial charge < -0.3 is 15.4 Å². The lowest BCUT2D eigenvalue weighted by atomic mass is 10.1. The Balaban J connectivity index is 1.73. The van der Waals surface area contributed by atoms with E-state index in [2.05, 4.69) is 4.98 Å². The van der Waals surface area contributed by atoms with Gasteiger partial charge >= 0.3 is 12.4 Å². The molecule has 0 spiro atoms. The zero-order chi connectivity index (χ0) is 21.4. The molecule has 0 radical (unpaired) electrons.